The quantitative estimate of drug-likeness (QED) is 0.178. The Hall–Kier alpha value is -0.810. The van der Waals surface area contributed by atoms with Gasteiger partial charge in [-0.25, -0.2) is 0 Å². The number of aliphatic hydroxyl groups excluding tert-OH is 1. The van der Waals surface area contributed by atoms with Gasteiger partial charge in [0.2, 0.25) is 0 Å². The average molecular weight is 229 g/mol. The molecule has 16 heavy (non-hydrogen) atoms. The van der Waals surface area contributed by atoms with Gasteiger partial charge in [0.25, 0.3) is 0 Å². The molecule has 0 bridgehead atoms. The maximum Gasteiger partial charge on any atom is 0.139 e. The molecular formula is C11H23N3O2. The first kappa shape index (κ1) is 13.3. The molecule has 5 N–H and O–H groups in total. The highest BCUT2D eigenvalue weighted by Gasteiger charge is 2.30. The van der Waals surface area contributed by atoms with Gasteiger partial charge >= 0.3 is 0 Å². The standard InChI is InChI=1S/C11H23N3O2/c12-10(14-16)5-4-8-13-11(9-15)6-2-1-3-7-11/h13,15-16H,1-9H2,(H2,12,14). The van der Waals surface area contributed by atoms with Crippen LogP contribution >= 0.6 is 0 Å². The molecule has 1 aliphatic rings. The highest BCUT2D eigenvalue weighted by atomic mass is 16.4. The van der Waals surface area contributed by atoms with Crippen LogP contribution in [-0.2, 0) is 0 Å². The van der Waals surface area contributed by atoms with Gasteiger partial charge in [0, 0.05) is 12.0 Å². The second-order valence-corrected chi connectivity index (χ2v) is 4.62. The van der Waals surface area contributed by atoms with E-state index in [9.17, 15) is 5.11 Å². The van der Waals surface area contributed by atoms with Gasteiger partial charge in [-0.1, -0.05) is 24.4 Å². The number of oxime groups is 1. The minimum absolute atomic E-state index is 0.0800. The summed E-state index contributed by atoms with van der Waals surface area (Å²) in [7, 11) is 0. The fraction of sp³-hybridized carbons (Fsp3) is 0.909. The molecule has 1 aliphatic carbocycles. The van der Waals surface area contributed by atoms with Crippen LogP contribution in [0, 0.1) is 0 Å². The lowest BCUT2D eigenvalue weighted by Crippen LogP contribution is -2.50. The van der Waals surface area contributed by atoms with Crippen LogP contribution in [0.4, 0.5) is 0 Å². The third-order valence-electron chi connectivity index (χ3n) is 3.35. The Balaban J connectivity index is 2.23. The smallest absolute Gasteiger partial charge is 0.139 e. The molecule has 0 heterocycles. The van der Waals surface area contributed by atoms with Crippen molar-refractivity contribution in [3.8, 4) is 0 Å². The van der Waals surface area contributed by atoms with Gasteiger partial charge in [-0.15, -0.1) is 0 Å². The summed E-state index contributed by atoms with van der Waals surface area (Å²) in [6.45, 7) is 1.01. The maximum absolute atomic E-state index is 9.45. The number of nitrogens with two attached hydrogens (primary N) is 1. The Morgan fingerprint density at radius 3 is 2.56 bits per heavy atom. The molecule has 0 aromatic carbocycles. The number of rotatable bonds is 6. The van der Waals surface area contributed by atoms with Gasteiger partial charge in [-0.3, -0.25) is 0 Å². The van der Waals surface area contributed by atoms with E-state index in [4.69, 9.17) is 10.9 Å². The van der Waals surface area contributed by atoms with Crippen molar-refractivity contribution in [2.75, 3.05) is 13.2 Å². The van der Waals surface area contributed by atoms with Crippen LogP contribution in [0.5, 0.6) is 0 Å². The second-order valence-electron chi connectivity index (χ2n) is 4.62. The number of hydrogen-bond donors (Lipinski definition) is 4. The lowest BCUT2D eigenvalue weighted by molar-refractivity contribution is 0.121. The number of amidine groups is 1. The van der Waals surface area contributed by atoms with Crippen LogP contribution < -0.4 is 11.1 Å². The van der Waals surface area contributed by atoms with E-state index in [2.05, 4.69) is 10.5 Å². The highest BCUT2D eigenvalue weighted by Crippen LogP contribution is 2.27. The fourth-order valence-corrected chi connectivity index (χ4v) is 2.29. The van der Waals surface area contributed by atoms with E-state index in [1.165, 1.54) is 19.3 Å². The largest absolute Gasteiger partial charge is 0.409 e. The Kier molecular flexibility index (Phi) is 5.55. The molecule has 1 saturated carbocycles. The Morgan fingerprint density at radius 1 is 1.31 bits per heavy atom. The normalized spacial score (nSPS) is 20.9. The highest BCUT2D eigenvalue weighted by molar-refractivity contribution is 5.79. The molecule has 0 amide bonds. The zero-order chi connectivity index (χ0) is 11.9. The van der Waals surface area contributed by atoms with Gasteiger partial charge < -0.3 is 21.4 Å². The molecule has 1 fully saturated rings. The Morgan fingerprint density at radius 2 is 2.00 bits per heavy atom. The topological polar surface area (TPSA) is 90.9 Å². The summed E-state index contributed by atoms with van der Waals surface area (Å²) in [6, 6.07) is 0. The van der Waals surface area contributed by atoms with Crippen LogP contribution in [0.3, 0.4) is 0 Å². The third kappa shape index (κ3) is 3.98. The van der Waals surface area contributed by atoms with Crippen LogP contribution in [0.25, 0.3) is 0 Å². The Labute approximate surface area is 96.7 Å². The third-order valence-corrected chi connectivity index (χ3v) is 3.35. The molecule has 1 rings (SSSR count). The van der Waals surface area contributed by atoms with E-state index in [1.807, 2.05) is 0 Å². The summed E-state index contributed by atoms with van der Waals surface area (Å²) in [5.74, 6) is 0.267. The van der Waals surface area contributed by atoms with Gasteiger partial charge in [-0.05, 0) is 25.8 Å². The minimum atomic E-state index is -0.0800. The molecule has 0 atom stereocenters. The first-order valence-electron chi connectivity index (χ1n) is 6.05. The summed E-state index contributed by atoms with van der Waals surface area (Å²) < 4.78 is 0. The van der Waals surface area contributed by atoms with Crippen LogP contribution in [0.2, 0.25) is 0 Å². The van der Waals surface area contributed by atoms with Crippen molar-refractivity contribution < 1.29 is 10.3 Å². The SMILES string of the molecule is NC(CCCNC1(CO)CCCCC1)=NO. The molecule has 5 nitrogen and oxygen atoms in total. The molecule has 0 aromatic heterocycles. The summed E-state index contributed by atoms with van der Waals surface area (Å²) in [4.78, 5) is 0. The van der Waals surface area contributed by atoms with E-state index >= 15 is 0 Å². The first-order valence-corrected chi connectivity index (χ1v) is 6.05. The minimum Gasteiger partial charge on any atom is -0.409 e. The molecule has 5 heteroatoms. The summed E-state index contributed by atoms with van der Waals surface area (Å²) in [5.41, 5.74) is 5.30. The number of nitrogens with zero attached hydrogens (tertiary/aromatic N) is 1. The van der Waals surface area contributed by atoms with Crippen molar-refractivity contribution in [1.82, 2.24) is 5.32 Å². The van der Waals surface area contributed by atoms with E-state index < -0.39 is 0 Å². The van der Waals surface area contributed by atoms with Crippen molar-refractivity contribution in [3.05, 3.63) is 0 Å². The van der Waals surface area contributed by atoms with E-state index in [-0.39, 0.29) is 18.0 Å². The van der Waals surface area contributed by atoms with Crippen molar-refractivity contribution in [1.29, 1.82) is 0 Å². The molecule has 94 valence electrons. The molecule has 0 spiro atoms. The number of nitrogens with one attached hydrogen (secondary N) is 1. The zero-order valence-corrected chi connectivity index (χ0v) is 9.78. The van der Waals surface area contributed by atoms with Crippen molar-refractivity contribution in [2.45, 2.75) is 50.5 Å². The van der Waals surface area contributed by atoms with Gasteiger partial charge in [0.15, 0.2) is 0 Å². The van der Waals surface area contributed by atoms with Crippen LogP contribution in [-0.4, -0.2) is 34.8 Å². The summed E-state index contributed by atoms with van der Waals surface area (Å²) in [5, 5.41) is 24.2. The first-order chi connectivity index (χ1) is 7.72. The molecule has 0 aliphatic heterocycles. The molecule has 0 aromatic rings. The monoisotopic (exact) mass is 229 g/mol. The summed E-state index contributed by atoms with van der Waals surface area (Å²) >= 11 is 0. The van der Waals surface area contributed by atoms with Crippen LogP contribution in [0.1, 0.15) is 44.9 Å². The van der Waals surface area contributed by atoms with Crippen molar-refractivity contribution >= 4 is 5.84 Å². The van der Waals surface area contributed by atoms with Crippen molar-refractivity contribution in [2.24, 2.45) is 10.9 Å². The predicted octanol–water partition coefficient (Wildman–Crippen LogP) is 0.798. The average Bonchev–Trinajstić information content (AvgIpc) is 2.35. The van der Waals surface area contributed by atoms with E-state index in [0.717, 1.165) is 25.8 Å². The van der Waals surface area contributed by atoms with E-state index in [0.29, 0.717) is 6.42 Å². The zero-order valence-electron chi connectivity index (χ0n) is 9.78. The second kappa shape index (κ2) is 6.70. The van der Waals surface area contributed by atoms with Gasteiger partial charge in [-0.2, -0.15) is 0 Å². The summed E-state index contributed by atoms with van der Waals surface area (Å²) in [6.07, 6.45) is 7.16. The van der Waals surface area contributed by atoms with Gasteiger partial charge in [0.05, 0.1) is 6.61 Å². The number of aliphatic hydroxyl groups is 1. The lowest BCUT2D eigenvalue weighted by Gasteiger charge is -2.36. The molecule has 0 unspecified atom stereocenters. The Bertz CT molecular complexity index is 225. The predicted molar refractivity (Wildman–Crippen MR) is 63.5 cm³/mol. The lowest BCUT2D eigenvalue weighted by atomic mass is 9.82. The van der Waals surface area contributed by atoms with Gasteiger partial charge in [0.1, 0.15) is 5.84 Å². The van der Waals surface area contributed by atoms with Crippen molar-refractivity contribution in [3.63, 3.8) is 0 Å². The molecule has 0 radical (unpaired) electrons. The molecule has 0 saturated heterocycles. The maximum atomic E-state index is 9.45. The van der Waals surface area contributed by atoms with Crippen LogP contribution in [0.15, 0.2) is 5.16 Å². The van der Waals surface area contributed by atoms with E-state index in [1.54, 1.807) is 0 Å². The molecular weight excluding hydrogens is 206 g/mol. The fourth-order valence-electron chi connectivity index (χ4n) is 2.29. The number of hydrogen-bond acceptors (Lipinski definition) is 4.